The SMILES string of the molecule is CCCCCCCCC(=O)Oc1ccc(-c2ccc(C(=O)Oc3ccc4cc([C@H](C)C(=O)OCCC(F)(F)C(F)(F)C(F)(F)C(F)(F)F)ccc4c3)cc2)cc1. The first-order chi connectivity index (χ1) is 26.3. The van der Waals surface area contributed by atoms with E-state index < -0.39 is 54.8 Å². The summed E-state index contributed by atoms with van der Waals surface area (Å²) in [6.45, 7) is 1.87. The predicted octanol–water partition coefficient (Wildman–Crippen LogP) is 11.9. The Morgan fingerprint density at radius 2 is 1.18 bits per heavy atom. The number of hydrogen-bond donors (Lipinski definition) is 0. The van der Waals surface area contributed by atoms with Crippen LogP contribution in [0.1, 0.15) is 87.1 Å². The molecule has 0 saturated heterocycles. The predicted molar refractivity (Wildman–Crippen MR) is 189 cm³/mol. The number of fused-ring (bicyclic) bond motifs is 1. The first kappa shape index (κ1) is 43.6. The van der Waals surface area contributed by atoms with Crippen LogP contribution >= 0.6 is 0 Å². The molecule has 0 heterocycles. The van der Waals surface area contributed by atoms with Crippen LogP contribution in [0.2, 0.25) is 0 Å². The fourth-order valence-corrected chi connectivity index (χ4v) is 5.59. The van der Waals surface area contributed by atoms with Gasteiger partial charge in [0, 0.05) is 6.42 Å². The van der Waals surface area contributed by atoms with Gasteiger partial charge in [0.2, 0.25) is 0 Å². The minimum absolute atomic E-state index is 0.183. The van der Waals surface area contributed by atoms with Crippen LogP contribution in [-0.4, -0.2) is 48.5 Å². The van der Waals surface area contributed by atoms with E-state index in [9.17, 15) is 53.9 Å². The summed E-state index contributed by atoms with van der Waals surface area (Å²) in [5, 5.41) is 1.09. The van der Waals surface area contributed by atoms with Crippen molar-refractivity contribution in [3.8, 4) is 22.6 Å². The lowest BCUT2D eigenvalue weighted by atomic mass is 9.97. The molecular weight excluding hydrogens is 759 g/mol. The van der Waals surface area contributed by atoms with Crippen molar-refractivity contribution in [2.75, 3.05) is 6.61 Å². The van der Waals surface area contributed by atoms with E-state index in [1.54, 1.807) is 54.6 Å². The van der Waals surface area contributed by atoms with Crippen molar-refractivity contribution in [2.24, 2.45) is 0 Å². The second-order valence-electron chi connectivity index (χ2n) is 13.2. The lowest BCUT2D eigenvalue weighted by Gasteiger charge is -2.33. The molecule has 4 aromatic carbocycles. The number of hydrogen-bond acceptors (Lipinski definition) is 6. The molecule has 0 spiro atoms. The Kier molecular flexibility index (Phi) is 14.2. The van der Waals surface area contributed by atoms with Crippen molar-refractivity contribution in [3.63, 3.8) is 0 Å². The third-order valence-corrected chi connectivity index (χ3v) is 9.04. The monoisotopic (exact) mass is 798 g/mol. The maximum atomic E-state index is 13.8. The van der Waals surface area contributed by atoms with Gasteiger partial charge in [0.1, 0.15) is 11.5 Å². The Labute approximate surface area is 316 Å². The van der Waals surface area contributed by atoms with E-state index in [1.807, 2.05) is 0 Å². The molecule has 0 unspecified atom stereocenters. The molecule has 0 aliphatic heterocycles. The molecule has 0 radical (unpaired) electrons. The summed E-state index contributed by atoms with van der Waals surface area (Å²) in [7, 11) is 0. The normalized spacial score (nSPS) is 13.0. The summed E-state index contributed by atoms with van der Waals surface area (Å²) in [6, 6.07) is 22.7. The van der Waals surface area contributed by atoms with E-state index in [0.29, 0.717) is 22.9 Å². The van der Waals surface area contributed by atoms with Crippen LogP contribution in [0.15, 0.2) is 84.9 Å². The Morgan fingerprint density at radius 3 is 1.80 bits per heavy atom. The van der Waals surface area contributed by atoms with Crippen molar-refractivity contribution in [1.29, 1.82) is 0 Å². The largest absolute Gasteiger partial charge is 0.465 e. The highest BCUT2D eigenvalue weighted by Gasteiger charge is 2.81. The molecule has 302 valence electrons. The summed E-state index contributed by atoms with van der Waals surface area (Å²) in [5.74, 6) is -22.4. The Hall–Kier alpha value is -5.08. The molecule has 0 amide bonds. The van der Waals surface area contributed by atoms with Crippen LogP contribution in [0.3, 0.4) is 0 Å². The lowest BCUT2D eigenvalue weighted by molar-refractivity contribution is -0.397. The van der Waals surface area contributed by atoms with Crippen molar-refractivity contribution >= 4 is 28.7 Å². The van der Waals surface area contributed by atoms with E-state index in [0.717, 1.165) is 36.8 Å². The van der Waals surface area contributed by atoms with E-state index in [-0.39, 0.29) is 22.8 Å². The van der Waals surface area contributed by atoms with Gasteiger partial charge < -0.3 is 14.2 Å². The van der Waals surface area contributed by atoms with Gasteiger partial charge in [0.05, 0.1) is 24.5 Å². The van der Waals surface area contributed by atoms with Crippen molar-refractivity contribution < 1.29 is 68.1 Å². The standard InChI is InChI=1S/C41H39F9O6/c1-3-4-5-6-7-8-9-35(51)55-33-19-16-28(17-20-33)27-10-12-29(13-11-27)37(53)56-34-21-18-31-24-30(14-15-32(31)25-34)26(2)36(52)54-23-22-38(42,43)39(44,45)40(46,47)41(48,49)50/h10-21,24-26H,3-9,22-23H2,1-2H3/t26-/m0/s1. The number of ether oxygens (including phenoxy) is 3. The Balaban J connectivity index is 1.29. The molecular formula is C41H39F9O6. The maximum absolute atomic E-state index is 13.8. The van der Waals surface area contributed by atoms with E-state index >= 15 is 0 Å². The summed E-state index contributed by atoms with van der Waals surface area (Å²) in [5.41, 5.74) is 2.16. The van der Waals surface area contributed by atoms with Gasteiger partial charge in [-0.1, -0.05) is 87.6 Å². The molecule has 0 saturated carbocycles. The average molecular weight is 799 g/mol. The quantitative estimate of drug-likeness (QED) is 0.0432. The molecule has 1 atom stereocenters. The lowest BCUT2D eigenvalue weighted by Crippen LogP contribution is -2.61. The Bertz CT molecular complexity index is 1960. The molecule has 15 heteroatoms. The first-order valence-electron chi connectivity index (χ1n) is 17.8. The second kappa shape index (κ2) is 18.2. The summed E-state index contributed by atoms with van der Waals surface area (Å²) >= 11 is 0. The molecule has 4 rings (SSSR count). The fourth-order valence-electron chi connectivity index (χ4n) is 5.59. The second-order valence-corrected chi connectivity index (χ2v) is 13.2. The number of carbonyl (C=O) groups excluding carboxylic acids is 3. The molecule has 6 nitrogen and oxygen atoms in total. The van der Waals surface area contributed by atoms with Crippen LogP contribution in [0.5, 0.6) is 11.5 Å². The number of alkyl halides is 9. The number of halogens is 9. The highest BCUT2D eigenvalue weighted by Crippen LogP contribution is 2.54. The molecule has 4 aromatic rings. The average Bonchev–Trinajstić information content (AvgIpc) is 3.15. The van der Waals surface area contributed by atoms with Gasteiger partial charge in [-0.25, -0.2) is 4.79 Å². The van der Waals surface area contributed by atoms with Gasteiger partial charge in [-0.2, -0.15) is 39.5 Å². The van der Waals surface area contributed by atoms with Crippen LogP contribution in [-0.2, 0) is 14.3 Å². The van der Waals surface area contributed by atoms with Gasteiger partial charge in [0.25, 0.3) is 0 Å². The van der Waals surface area contributed by atoms with E-state index in [2.05, 4.69) is 11.7 Å². The molecule has 0 fully saturated rings. The van der Waals surface area contributed by atoms with Gasteiger partial charge in [0.15, 0.2) is 0 Å². The number of benzene rings is 4. The molecule has 0 N–H and O–H groups in total. The van der Waals surface area contributed by atoms with Gasteiger partial charge in [-0.15, -0.1) is 0 Å². The summed E-state index contributed by atoms with van der Waals surface area (Å²) in [6.07, 6.45) is -2.47. The summed E-state index contributed by atoms with van der Waals surface area (Å²) < 4.78 is 133. The topological polar surface area (TPSA) is 78.9 Å². The molecule has 0 aliphatic carbocycles. The van der Waals surface area contributed by atoms with Crippen LogP contribution in [0, 0.1) is 0 Å². The molecule has 56 heavy (non-hydrogen) atoms. The number of esters is 3. The highest BCUT2D eigenvalue weighted by atomic mass is 19.4. The number of carbonyl (C=O) groups is 3. The van der Waals surface area contributed by atoms with Gasteiger partial charge in [-0.05, 0) is 77.2 Å². The van der Waals surface area contributed by atoms with E-state index in [4.69, 9.17) is 9.47 Å². The number of unbranched alkanes of at least 4 members (excludes halogenated alkanes) is 5. The van der Waals surface area contributed by atoms with Gasteiger partial charge >= 0.3 is 41.9 Å². The smallest absolute Gasteiger partial charge is 0.460 e. The molecule has 0 aromatic heterocycles. The zero-order valence-electron chi connectivity index (χ0n) is 30.4. The van der Waals surface area contributed by atoms with Crippen LogP contribution < -0.4 is 9.47 Å². The molecule has 0 bridgehead atoms. The first-order valence-corrected chi connectivity index (χ1v) is 17.8. The Morgan fingerprint density at radius 1 is 0.625 bits per heavy atom. The van der Waals surface area contributed by atoms with Crippen molar-refractivity contribution in [3.05, 3.63) is 96.1 Å². The zero-order chi connectivity index (χ0) is 41.3. The van der Waals surface area contributed by atoms with Crippen LogP contribution in [0.4, 0.5) is 39.5 Å². The van der Waals surface area contributed by atoms with Crippen LogP contribution in [0.25, 0.3) is 21.9 Å². The molecule has 0 aliphatic rings. The van der Waals surface area contributed by atoms with Crippen molar-refractivity contribution in [1.82, 2.24) is 0 Å². The third kappa shape index (κ3) is 10.6. The minimum atomic E-state index is -7.03. The van der Waals surface area contributed by atoms with E-state index in [1.165, 1.54) is 50.1 Å². The van der Waals surface area contributed by atoms with Crippen molar-refractivity contribution in [2.45, 2.75) is 95.1 Å². The highest BCUT2D eigenvalue weighted by molar-refractivity contribution is 5.93. The zero-order valence-corrected chi connectivity index (χ0v) is 30.4. The fraction of sp³-hybridized carbons (Fsp3) is 0.390. The summed E-state index contributed by atoms with van der Waals surface area (Å²) in [4.78, 5) is 37.5. The minimum Gasteiger partial charge on any atom is -0.465 e. The third-order valence-electron chi connectivity index (χ3n) is 9.04. The van der Waals surface area contributed by atoms with Gasteiger partial charge in [-0.3, -0.25) is 9.59 Å². The number of rotatable bonds is 18. The maximum Gasteiger partial charge on any atom is 0.460 e.